The quantitative estimate of drug-likeness (QED) is 0.108. The molecule has 0 saturated heterocycles. The number of amidine groups is 1. The fourth-order valence-electron chi connectivity index (χ4n) is 13.9. The van der Waals surface area contributed by atoms with Crippen LogP contribution in [0.3, 0.4) is 0 Å². The maximum absolute atomic E-state index is 5.35. The highest BCUT2D eigenvalue weighted by Crippen LogP contribution is 2.33. The molecule has 0 fully saturated rings. The highest BCUT2D eigenvalue weighted by molar-refractivity contribution is 7.11. The van der Waals surface area contributed by atoms with Gasteiger partial charge in [0.05, 0.1) is 32.4 Å². The highest BCUT2D eigenvalue weighted by Gasteiger charge is 2.25. The van der Waals surface area contributed by atoms with Crippen LogP contribution in [0.5, 0.6) is 0 Å². The molecule has 0 unspecified atom stereocenters. The van der Waals surface area contributed by atoms with Crippen molar-refractivity contribution in [3.05, 3.63) is 146 Å². The summed E-state index contributed by atoms with van der Waals surface area (Å²) < 4.78 is 17.0. The first-order valence-corrected chi connectivity index (χ1v) is 56.3. The molecule has 0 atom stereocenters. The summed E-state index contributed by atoms with van der Waals surface area (Å²) in [4.78, 5) is 45.1. The number of aromatic nitrogens is 8. The summed E-state index contributed by atoms with van der Waals surface area (Å²) in [5, 5.41) is 27.5. The second-order valence-corrected chi connectivity index (χ2v) is 54.9. The molecule has 13 heterocycles. The third-order valence-electron chi connectivity index (χ3n) is 19.1. The van der Waals surface area contributed by atoms with Crippen molar-refractivity contribution < 1.29 is 13.6 Å². The van der Waals surface area contributed by atoms with Crippen molar-refractivity contribution in [2.24, 2.45) is 128 Å². The topological polar surface area (TPSA) is 258 Å². The Labute approximate surface area is 922 Å². The summed E-state index contributed by atoms with van der Waals surface area (Å²) >= 11 is 1.91. The summed E-state index contributed by atoms with van der Waals surface area (Å²) in [6, 6.07) is 4.44. The van der Waals surface area contributed by atoms with Gasteiger partial charge >= 0.3 is 0 Å². The SMILES string of the molecule is C.CC.CC.CC.CC.CC.CC(C)(C)CC1=CC=NC1.CC(C)(C)CC1=CCC=N1.CC(C)(C)CC1=CCC=N1.CC(C)(C)CC1=CCN=C1.CC(C)(C)CC1=NC=CC1.CC(C)(C)CC1=NCC=C1.CC1=NC(CC(C)(C)C)=NC1.CC1=NN=C(CC(C)(C)C)C1.Cc1ccc(CC(C)(C)C)s1.Cc1ncc(CC(C)(C)C)o1.Cc1nnc(CC(C)(C)C)n1C.Cc1noc(CC(C)(C)C)n1.Cc1nonc1CC(C)(C)C. The Balaban J connectivity index is -0.000000369. The Morgan fingerprint density at radius 1 is 0.430 bits per heavy atom. The first kappa shape index (κ1) is 151. The maximum atomic E-state index is 5.35. The summed E-state index contributed by atoms with van der Waals surface area (Å²) in [7, 11) is 2.01. The second kappa shape index (κ2) is 74.5. The number of aryl methyl sites for hydroxylation is 5. The minimum atomic E-state index is 0. The van der Waals surface area contributed by atoms with Crippen molar-refractivity contribution >= 4 is 70.6 Å². The van der Waals surface area contributed by atoms with Crippen LogP contribution in [-0.2, 0) is 39.2 Å². The van der Waals surface area contributed by atoms with Crippen LogP contribution in [0.25, 0.3) is 0 Å². The van der Waals surface area contributed by atoms with Crippen LogP contribution in [0.15, 0.2) is 153 Å². The second-order valence-electron chi connectivity index (χ2n) is 53.5. The number of nitrogens with zero attached hydrogens (tertiary/aromatic N) is 18. The van der Waals surface area contributed by atoms with Gasteiger partial charge in [-0.2, -0.15) is 15.2 Å². The van der Waals surface area contributed by atoms with Crippen molar-refractivity contribution in [1.29, 1.82) is 0 Å². The summed E-state index contributed by atoms with van der Waals surface area (Å²) in [6.45, 7) is 124. The van der Waals surface area contributed by atoms with E-state index in [0.29, 0.717) is 54.6 Å². The van der Waals surface area contributed by atoms with E-state index in [0.717, 1.165) is 180 Å². The fourth-order valence-corrected chi connectivity index (χ4v) is 15.1. The average molecular weight is 2090 g/mol. The molecule has 0 bridgehead atoms. The van der Waals surface area contributed by atoms with E-state index >= 15 is 0 Å². The standard InChI is InChI=1S/C10H16S.C9H17N3.2C9H16N2.C9H15NO.6C9H15N.2C8H14N2O.5C2H6.CH4/c1-8-5-6-9(11-8)7-10(2,3)4;1-7-10-11-8(12(7)5)6-9(2,3)4;1-7-6-10-8(11-7)5-9(2,3)4;1-7-5-8(11-10-7)6-9(2,3)4;1-7-10-6-8(11-7)5-9(2,3)4;2*1-9(2,3)6-8-4-5-10-7-8;4*1-9(2,3)7-8-5-4-6-10-8;1-6-9-7(11-10-6)5-8(2,3)4;1-6-7(10-11-9-6)5-8(2,3)4;5*1-2;/h5-6H,7H2,1-4H3;6H2,1-5H3;2*5-6H2,1-4H3;6H,5H2,1-4H3;4,7H,5-6H2,1-3H3;4-5H,6-7H2,1-3H3;2*5-6H,4,7H2,1-3H3;4,6H,5,7H2,1-3H3;4-5H,6-7H2,1-3H3;2*5H2,1-4H3;5*1-2H3;1H4. The molecule has 8 aliphatic heterocycles. The molecule has 149 heavy (non-hydrogen) atoms. The van der Waals surface area contributed by atoms with Gasteiger partial charge in [0, 0.05) is 146 Å². The third-order valence-corrected chi connectivity index (χ3v) is 20.1. The molecule has 0 radical (unpaired) electrons. The van der Waals surface area contributed by atoms with Gasteiger partial charge in [-0.05, 0) is 205 Å². The molecule has 8 aliphatic rings. The molecule has 21 nitrogen and oxygen atoms in total. The molecule has 22 heteroatoms. The molecule has 0 saturated carbocycles. The van der Waals surface area contributed by atoms with Crippen molar-refractivity contribution in [3.63, 3.8) is 0 Å². The van der Waals surface area contributed by atoms with E-state index in [1.54, 1.807) is 6.20 Å². The number of rotatable bonds is 13. The summed E-state index contributed by atoms with van der Waals surface area (Å²) in [6.07, 6.45) is 44.4. The van der Waals surface area contributed by atoms with E-state index in [1.807, 2.05) is 165 Å². The van der Waals surface area contributed by atoms with Gasteiger partial charge < -0.3 is 13.5 Å². The van der Waals surface area contributed by atoms with Crippen molar-refractivity contribution in [2.75, 3.05) is 26.2 Å². The van der Waals surface area contributed by atoms with Gasteiger partial charge in [0.15, 0.2) is 11.7 Å². The normalized spacial score (nSPS) is 14.5. The van der Waals surface area contributed by atoms with E-state index in [2.05, 4.69) is 422 Å². The Morgan fingerprint density at radius 2 is 0.913 bits per heavy atom. The van der Waals surface area contributed by atoms with Crippen LogP contribution in [0.2, 0.25) is 0 Å². The zero-order valence-electron chi connectivity index (χ0n) is 107. The number of allylic oxidation sites excluding steroid dienone is 8. The molecule has 0 N–H and O–H groups in total. The van der Waals surface area contributed by atoms with Crippen LogP contribution in [0.4, 0.5) is 0 Å². The smallest absolute Gasteiger partial charge is 0.227 e. The van der Waals surface area contributed by atoms with Crippen LogP contribution in [0, 0.1) is 105 Å². The van der Waals surface area contributed by atoms with E-state index in [-0.39, 0.29) is 29.1 Å². The molecule has 13 rings (SSSR count). The largest absolute Gasteiger partial charge is 0.446 e. The summed E-state index contributed by atoms with van der Waals surface area (Å²) in [5.41, 5.74) is 17.8. The van der Waals surface area contributed by atoms with E-state index in [1.165, 1.54) is 62.3 Å². The lowest BCUT2D eigenvalue weighted by atomic mass is 9.88. The average Bonchev–Trinajstić information content (AvgIpc) is 1.72. The van der Waals surface area contributed by atoms with Crippen LogP contribution in [-0.4, -0.2) is 126 Å². The minimum absolute atomic E-state index is 0. The molecular weight excluding hydrogens is 1860 g/mol. The Bertz CT molecular complexity index is 4580. The molecule has 0 spiro atoms. The molecule has 854 valence electrons. The lowest BCUT2D eigenvalue weighted by Gasteiger charge is -2.17. The molecular formula is C127H232N18O3S. The van der Waals surface area contributed by atoms with Gasteiger partial charge in [0.1, 0.15) is 34.6 Å². The van der Waals surface area contributed by atoms with Gasteiger partial charge in [-0.3, -0.25) is 34.9 Å². The van der Waals surface area contributed by atoms with Gasteiger partial charge in [0.2, 0.25) is 5.89 Å². The molecule has 0 aromatic carbocycles. The van der Waals surface area contributed by atoms with Gasteiger partial charge in [-0.1, -0.05) is 393 Å². The monoisotopic (exact) mass is 2090 g/mol. The van der Waals surface area contributed by atoms with Crippen molar-refractivity contribution in [2.45, 2.75) is 504 Å². The number of hydrogen-bond donors (Lipinski definition) is 0. The van der Waals surface area contributed by atoms with Crippen molar-refractivity contribution in [3.8, 4) is 0 Å². The first-order chi connectivity index (χ1) is 67.7. The Kier molecular flexibility index (Phi) is 75.5. The fraction of sp³-hybridized carbons (Fsp3) is 0.724. The predicted molar refractivity (Wildman–Crippen MR) is 664 cm³/mol. The number of aliphatic imine (C=N–C) groups is 8. The summed E-state index contributed by atoms with van der Waals surface area (Å²) in [5.74, 6) is 6.25. The number of thiophene rings is 1. The van der Waals surface area contributed by atoms with Gasteiger partial charge in [-0.15, -0.1) is 21.5 Å². The molecule has 5 aromatic rings. The van der Waals surface area contributed by atoms with E-state index < -0.39 is 0 Å². The Hall–Kier alpha value is -8.53. The van der Waals surface area contributed by atoms with Crippen LogP contribution >= 0.6 is 11.3 Å². The molecule has 0 aliphatic carbocycles. The van der Waals surface area contributed by atoms with Gasteiger partial charge in [-0.25, -0.2) is 14.6 Å². The van der Waals surface area contributed by atoms with Gasteiger partial charge in [0.25, 0.3) is 0 Å². The minimum Gasteiger partial charge on any atom is -0.446 e. The third kappa shape index (κ3) is 95.1. The molecule has 0 amide bonds. The first-order valence-electron chi connectivity index (χ1n) is 55.5. The number of oxazole rings is 1. The number of hydrogen-bond acceptors (Lipinski definition) is 21. The predicted octanol–water partition coefficient (Wildman–Crippen LogP) is 38.2. The van der Waals surface area contributed by atoms with E-state index in [9.17, 15) is 0 Å². The zero-order chi connectivity index (χ0) is 116. The van der Waals surface area contributed by atoms with Crippen LogP contribution < -0.4 is 0 Å². The van der Waals surface area contributed by atoms with Crippen molar-refractivity contribution in [1.82, 2.24) is 40.2 Å². The zero-order valence-corrected chi connectivity index (χ0v) is 108. The lowest BCUT2D eigenvalue weighted by Crippen LogP contribution is -2.13. The lowest BCUT2D eigenvalue weighted by molar-refractivity contribution is 0.295. The molecule has 5 aromatic heterocycles. The highest BCUT2D eigenvalue weighted by atomic mass is 32.1. The van der Waals surface area contributed by atoms with Crippen LogP contribution in [0.1, 0.15) is 494 Å². The Morgan fingerprint density at radius 3 is 1.23 bits per heavy atom. The van der Waals surface area contributed by atoms with E-state index in [4.69, 9.17) is 8.94 Å². The maximum Gasteiger partial charge on any atom is 0.227 e.